The van der Waals surface area contributed by atoms with Crippen LogP contribution in [0.15, 0.2) is 51.5 Å². The number of hydrogen-bond donors (Lipinski definition) is 1. The topological polar surface area (TPSA) is 116 Å². The summed E-state index contributed by atoms with van der Waals surface area (Å²) in [4.78, 5) is 33.1. The molecule has 9 heteroatoms. The van der Waals surface area contributed by atoms with Crippen LogP contribution >= 0.6 is 0 Å². The summed E-state index contributed by atoms with van der Waals surface area (Å²) in [5, 5.41) is 12.5. The molecule has 2 aromatic heterocycles. The number of rotatable bonds is 5. The van der Waals surface area contributed by atoms with Crippen LogP contribution in [-0.4, -0.2) is 36.4 Å². The second kappa shape index (κ2) is 8.82. The van der Waals surface area contributed by atoms with Crippen molar-refractivity contribution in [3.05, 3.63) is 48.4 Å². The van der Waals surface area contributed by atoms with Gasteiger partial charge in [-0.25, -0.2) is 0 Å². The van der Waals surface area contributed by atoms with Crippen molar-refractivity contribution in [2.24, 2.45) is 5.92 Å². The molecule has 0 saturated carbocycles. The van der Waals surface area contributed by atoms with E-state index >= 15 is 0 Å². The van der Waals surface area contributed by atoms with E-state index in [1.165, 1.54) is 6.26 Å². The van der Waals surface area contributed by atoms with Gasteiger partial charge in [-0.05, 0) is 43.5 Å². The minimum Gasteiger partial charge on any atom is -0.459 e. The highest BCUT2D eigenvalue weighted by atomic mass is 16.4. The summed E-state index contributed by atoms with van der Waals surface area (Å²) in [5.74, 6) is 0.964. The number of nitriles is 1. The fourth-order valence-corrected chi connectivity index (χ4v) is 4.40. The number of amides is 2. The maximum absolute atomic E-state index is 13.0. The lowest BCUT2D eigenvalue weighted by Gasteiger charge is -2.31. The van der Waals surface area contributed by atoms with Gasteiger partial charge in [0.05, 0.1) is 17.6 Å². The van der Waals surface area contributed by atoms with Gasteiger partial charge in [-0.15, -0.1) is 0 Å². The molecule has 33 heavy (non-hydrogen) atoms. The molecule has 0 atom stereocenters. The average Bonchev–Trinajstić information content (AvgIpc) is 3.60. The van der Waals surface area contributed by atoms with Gasteiger partial charge >= 0.3 is 0 Å². The Balaban J connectivity index is 1.25. The number of hydrogen-bond acceptors (Lipinski definition) is 7. The molecule has 0 spiro atoms. The van der Waals surface area contributed by atoms with Gasteiger partial charge in [0.2, 0.25) is 23.4 Å². The van der Waals surface area contributed by atoms with Crippen molar-refractivity contribution < 1.29 is 18.4 Å². The molecule has 4 heterocycles. The number of carbonyl (C=O) groups excluding carboxylic acids is 2. The number of carbonyl (C=O) groups is 2. The summed E-state index contributed by atoms with van der Waals surface area (Å²) in [6.45, 7) is 1.79. The number of furan rings is 1. The van der Waals surface area contributed by atoms with E-state index in [0.717, 1.165) is 12.1 Å². The zero-order valence-electron chi connectivity index (χ0n) is 18.0. The van der Waals surface area contributed by atoms with E-state index in [-0.39, 0.29) is 29.3 Å². The van der Waals surface area contributed by atoms with Gasteiger partial charge in [0, 0.05) is 32.0 Å². The number of oxazole rings is 1. The van der Waals surface area contributed by atoms with Crippen LogP contribution in [0.25, 0.3) is 11.7 Å². The van der Waals surface area contributed by atoms with Crippen LogP contribution in [0, 0.1) is 17.2 Å². The molecule has 2 aliphatic heterocycles. The maximum atomic E-state index is 13.0. The normalized spacial score (nSPS) is 16.8. The summed E-state index contributed by atoms with van der Waals surface area (Å²) in [6, 6.07) is 13.0. The zero-order valence-corrected chi connectivity index (χ0v) is 18.0. The molecule has 0 aliphatic carbocycles. The smallest absolute Gasteiger partial charge is 0.266 e. The first-order chi connectivity index (χ1) is 16.1. The Labute approximate surface area is 190 Å². The summed E-state index contributed by atoms with van der Waals surface area (Å²) >= 11 is 0. The molecule has 3 aromatic rings. The number of anilines is 3. The molecule has 2 amide bonds. The van der Waals surface area contributed by atoms with Crippen LogP contribution in [0.2, 0.25) is 0 Å². The minimum absolute atomic E-state index is 0.0666. The highest BCUT2D eigenvalue weighted by Gasteiger charge is 2.30. The standard InChI is InChI=1S/C24H23N5O4/c25-15-18-24(33-23(27-18)20-7-4-14-32-20)28-12-9-16(10-13-28)22(31)26-17-5-1-2-6-19(17)29-11-3-8-21(29)30/h1-2,4-7,14,16H,3,8-13H2,(H,26,31). The minimum atomic E-state index is -0.179. The van der Waals surface area contributed by atoms with Crippen LogP contribution < -0.4 is 15.1 Å². The van der Waals surface area contributed by atoms with Gasteiger partial charge in [0.15, 0.2) is 5.76 Å². The number of piperidine rings is 1. The van der Waals surface area contributed by atoms with Crippen molar-refractivity contribution in [3.63, 3.8) is 0 Å². The lowest BCUT2D eigenvalue weighted by Crippen LogP contribution is -2.38. The van der Waals surface area contributed by atoms with Crippen LogP contribution in [0.4, 0.5) is 17.3 Å². The molecule has 0 bridgehead atoms. The Bertz CT molecular complexity index is 1200. The SMILES string of the molecule is N#Cc1nc(-c2ccco2)oc1N1CCC(C(=O)Nc2ccccc2N2CCCC2=O)CC1. The monoisotopic (exact) mass is 445 g/mol. The van der Waals surface area contributed by atoms with Gasteiger partial charge in [-0.1, -0.05) is 12.1 Å². The first-order valence-electron chi connectivity index (χ1n) is 11.0. The molecule has 168 valence electrons. The van der Waals surface area contributed by atoms with Gasteiger partial charge in [-0.2, -0.15) is 10.2 Å². The van der Waals surface area contributed by atoms with Crippen LogP contribution in [-0.2, 0) is 9.59 Å². The molecule has 9 nitrogen and oxygen atoms in total. The Morgan fingerprint density at radius 3 is 2.67 bits per heavy atom. The largest absolute Gasteiger partial charge is 0.459 e. The highest BCUT2D eigenvalue weighted by Crippen LogP contribution is 2.33. The van der Waals surface area contributed by atoms with Crippen molar-refractivity contribution in [2.45, 2.75) is 25.7 Å². The van der Waals surface area contributed by atoms with Crippen molar-refractivity contribution in [1.29, 1.82) is 5.26 Å². The lowest BCUT2D eigenvalue weighted by atomic mass is 9.95. The average molecular weight is 445 g/mol. The number of para-hydroxylation sites is 2. The molecule has 2 aliphatic rings. The molecule has 0 unspecified atom stereocenters. The van der Waals surface area contributed by atoms with Gasteiger partial charge < -0.3 is 24.0 Å². The zero-order chi connectivity index (χ0) is 22.8. The van der Waals surface area contributed by atoms with Gasteiger partial charge in [0.1, 0.15) is 6.07 Å². The molecular formula is C24H23N5O4. The van der Waals surface area contributed by atoms with Crippen molar-refractivity contribution in [2.75, 3.05) is 34.8 Å². The quantitative estimate of drug-likeness (QED) is 0.635. The second-order valence-corrected chi connectivity index (χ2v) is 8.18. The fraction of sp³-hybridized carbons (Fsp3) is 0.333. The third-order valence-electron chi connectivity index (χ3n) is 6.13. The predicted octanol–water partition coefficient (Wildman–Crippen LogP) is 3.79. The van der Waals surface area contributed by atoms with Crippen LogP contribution in [0.3, 0.4) is 0 Å². The highest BCUT2D eigenvalue weighted by molar-refractivity contribution is 6.02. The number of nitrogens with one attached hydrogen (secondary N) is 1. The molecule has 1 N–H and O–H groups in total. The summed E-state index contributed by atoms with van der Waals surface area (Å²) in [5.41, 5.74) is 1.61. The molecule has 5 rings (SSSR count). The summed E-state index contributed by atoms with van der Waals surface area (Å²) in [7, 11) is 0. The Hall–Kier alpha value is -4.06. The van der Waals surface area contributed by atoms with Crippen molar-refractivity contribution in [3.8, 4) is 17.7 Å². The molecule has 2 saturated heterocycles. The van der Waals surface area contributed by atoms with E-state index in [9.17, 15) is 14.9 Å². The van der Waals surface area contributed by atoms with E-state index in [1.54, 1.807) is 17.0 Å². The van der Waals surface area contributed by atoms with Crippen LogP contribution in [0.5, 0.6) is 0 Å². The predicted molar refractivity (Wildman–Crippen MR) is 121 cm³/mol. The van der Waals surface area contributed by atoms with E-state index in [1.807, 2.05) is 29.2 Å². The third-order valence-corrected chi connectivity index (χ3v) is 6.13. The van der Waals surface area contributed by atoms with Gasteiger partial charge in [0.25, 0.3) is 5.89 Å². The Morgan fingerprint density at radius 2 is 1.97 bits per heavy atom. The third kappa shape index (κ3) is 4.07. The van der Waals surface area contributed by atoms with E-state index in [2.05, 4.69) is 16.4 Å². The van der Waals surface area contributed by atoms with Gasteiger partial charge in [-0.3, -0.25) is 9.59 Å². The molecule has 0 radical (unpaired) electrons. The van der Waals surface area contributed by atoms with E-state index < -0.39 is 0 Å². The van der Waals surface area contributed by atoms with Crippen LogP contribution in [0.1, 0.15) is 31.4 Å². The number of aromatic nitrogens is 1. The first-order valence-corrected chi connectivity index (χ1v) is 11.0. The molecular weight excluding hydrogens is 422 g/mol. The molecule has 1 aromatic carbocycles. The van der Waals surface area contributed by atoms with Crippen molar-refractivity contribution >= 4 is 29.1 Å². The van der Waals surface area contributed by atoms with E-state index in [4.69, 9.17) is 8.83 Å². The van der Waals surface area contributed by atoms with E-state index in [0.29, 0.717) is 56.2 Å². The first kappa shape index (κ1) is 20.8. The summed E-state index contributed by atoms with van der Waals surface area (Å²) in [6.07, 6.45) is 4.10. The lowest BCUT2D eigenvalue weighted by molar-refractivity contribution is -0.120. The Kier molecular flexibility index (Phi) is 5.57. The molecule has 2 fully saturated rings. The maximum Gasteiger partial charge on any atom is 0.266 e. The number of benzene rings is 1. The number of nitrogens with zero attached hydrogens (tertiary/aromatic N) is 4. The Morgan fingerprint density at radius 1 is 1.15 bits per heavy atom. The second-order valence-electron chi connectivity index (χ2n) is 8.18. The fourth-order valence-electron chi connectivity index (χ4n) is 4.40. The van der Waals surface area contributed by atoms with Crippen molar-refractivity contribution in [1.82, 2.24) is 4.98 Å². The summed E-state index contributed by atoms with van der Waals surface area (Å²) < 4.78 is 11.1.